The second-order valence-corrected chi connectivity index (χ2v) is 6.43. The van der Waals surface area contributed by atoms with Crippen molar-refractivity contribution in [3.05, 3.63) is 41.3 Å². The van der Waals surface area contributed by atoms with Crippen molar-refractivity contribution < 1.29 is 8.42 Å². The molecule has 98 valence electrons. The highest BCUT2D eigenvalue weighted by Gasteiger charge is 2.25. The minimum Gasteiger partial charge on any atom is -0.278 e. The quantitative estimate of drug-likeness (QED) is 0.804. The summed E-state index contributed by atoms with van der Waals surface area (Å²) in [6, 6.07) is 3.11. The normalized spacial score (nSPS) is 11.8. The Morgan fingerprint density at radius 1 is 1.32 bits per heavy atom. The molecule has 0 radical (unpaired) electrons. The molecular formula is C10H7ClN4O2S2. The van der Waals surface area contributed by atoms with E-state index in [0.717, 1.165) is 0 Å². The van der Waals surface area contributed by atoms with Crippen LogP contribution in [0.3, 0.4) is 0 Å². The Bertz CT molecular complexity index is 826. The fourth-order valence-electron chi connectivity index (χ4n) is 1.60. The number of aromatic nitrogens is 3. The molecule has 0 amide bonds. The van der Waals surface area contributed by atoms with E-state index in [1.165, 1.54) is 28.1 Å². The Morgan fingerprint density at radius 2 is 2.05 bits per heavy atom. The van der Waals surface area contributed by atoms with Gasteiger partial charge in [0.1, 0.15) is 0 Å². The summed E-state index contributed by atoms with van der Waals surface area (Å²) < 4.78 is 28.5. The molecule has 0 aromatic carbocycles. The van der Waals surface area contributed by atoms with Crippen LogP contribution >= 0.6 is 22.9 Å². The van der Waals surface area contributed by atoms with Crippen LogP contribution in [0.4, 0.5) is 5.69 Å². The second-order valence-electron chi connectivity index (χ2n) is 3.60. The Kier molecular flexibility index (Phi) is 2.92. The number of pyridine rings is 1. The molecule has 3 rings (SSSR count). The molecule has 9 heteroatoms. The zero-order valence-corrected chi connectivity index (χ0v) is 11.7. The molecule has 6 nitrogen and oxygen atoms in total. The number of nitrogens with one attached hydrogen (secondary N) is 1. The van der Waals surface area contributed by atoms with Crippen LogP contribution < -0.4 is 4.72 Å². The number of hydrogen-bond acceptors (Lipinski definition) is 5. The Hall–Kier alpha value is -1.64. The van der Waals surface area contributed by atoms with Crippen molar-refractivity contribution in [2.24, 2.45) is 0 Å². The summed E-state index contributed by atoms with van der Waals surface area (Å²) in [6.45, 7) is 0. The van der Waals surface area contributed by atoms with Crippen molar-refractivity contribution in [1.82, 2.24) is 14.4 Å². The van der Waals surface area contributed by atoms with E-state index < -0.39 is 10.0 Å². The van der Waals surface area contributed by atoms with Crippen molar-refractivity contribution in [2.75, 3.05) is 4.72 Å². The zero-order chi connectivity index (χ0) is 13.5. The third kappa shape index (κ3) is 2.18. The SMILES string of the molecule is O=S(=O)(Nc1ccncc1)c1c(Cl)nc2sccn12. The van der Waals surface area contributed by atoms with Crippen LogP contribution in [-0.4, -0.2) is 22.8 Å². The molecule has 0 aliphatic rings. The van der Waals surface area contributed by atoms with Crippen LogP contribution in [0.15, 0.2) is 41.1 Å². The summed E-state index contributed by atoms with van der Waals surface area (Å²) >= 11 is 7.21. The number of anilines is 1. The van der Waals surface area contributed by atoms with E-state index in [1.807, 2.05) is 0 Å². The molecule has 0 saturated carbocycles. The monoisotopic (exact) mass is 314 g/mol. The van der Waals surface area contributed by atoms with Crippen LogP contribution in [0.2, 0.25) is 5.15 Å². The summed E-state index contributed by atoms with van der Waals surface area (Å²) in [5, 5.41) is 1.63. The average molecular weight is 315 g/mol. The van der Waals surface area contributed by atoms with Crippen molar-refractivity contribution in [3.8, 4) is 0 Å². The Labute approximate surface area is 117 Å². The van der Waals surface area contributed by atoms with Crippen LogP contribution in [0.25, 0.3) is 4.96 Å². The molecule has 0 saturated heterocycles. The minimum absolute atomic E-state index is 0.0478. The summed E-state index contributed by atoms with van der Waals surface area (Å²) in [7, 11) is -3.80. The first-order valence-electron chi connectivity index (χ1n) is 5.12. The summed E-state index contributed by atoms with van der Waals surface area (Å²) in [4.78, 5) is 8.34. The molecule has 1 N–H and O–H groups in total. The van der Waals surface area contributed by atoms with Gasteiger partial charge in [0.2, 0.25) is 0 Å². The summed E-state index contributed by atoms with van der Waals surface area (Å²) in [6.07, 6.45) is 4.60. The van der Waals surface area contributed by atoms with Crippen LogP contribution in [0.1, 0.15) is 0 Å². The van der Waals surface area contributed by atoms with Gasteiger partial charge >= 0.3 is 0 Å². The number of thiazole rings is 1. The van der Waals surface area contributed by atoms with E-state index in [-0.39, 0.29) is 10.2 Å². The molecule has 0 aliphatic heterocycles. The molecule has 0 atom stereocenters. The summed E-state index contributed by atoms with van der Waals surface area (Å²) in [5.41, 5.74) is 0.413. The fourth-order valence-corrected chi connectivity index (χ4v) is 4.12. The average Bonchev–Trinajstić information content (AvgIpc) is 2.88. The second kappa shape index (κ2) is 4.48. The number of rotatable bonds is 3. The van der Waals surface area contributed by atoms with Crippen molar-refractivity contribution in [2.45, 2.75) is 5.03 Å². The molecule has 0 aliphatic carbocycles. The van der Waals surface area contributed by atoms with Gasteiger partial charge in [0.15, 0.2) is 15.1 Å². The first-order valence-corrected chi connectivity index (χ1v) is 7.86. The Morgan fingerprint density at radius 3 is 2.79 bits per heavy atom. The van der Waals surface area contributed by atoms with E-state index in [0.29, 0.717) is 10.6 Å². The molecule has 3 aromatic heterocycles. The third-order valence-corrected chi connectivity index (χ3v) is 4.90. The highest BCUT2D eigenvalue weighted by atomic mass is 35.5. The lowest BCUT2D eigenvalue weighted by Crippen LogP contribution is -2.15. The number of hydrogen-bond donors (Lipinski definition) is 1. The van der Waals surface area contributed by atoms with Crippen LogP contribution in [0, 0.1) is 0 Å². The van der Waals surface area contributed by atoms with E-state index >= 15 is 0 Å². The van der Waals surface area contributed by atoms with E-state index in [1.54, 1.807) is 23.7 Å². The number of halogens is 1. The van der Waals surface area contributed by atoms with Crippen LogP contribution in [-0.2, 0) is 10.0 Å². The first-order chi connectivity index (χ1) is 9.08. The molecule has 0 unspecified atom stereocenters. The van der Waals surface area contributed by atoms with Gasteiger partial charge in [-0.25, -0.2) is 4.98 Å². The lowest BCUT2D eigenvalue weighted by atomic mass is 10.4. The molecule has 3 aromatic rings. The predicted octanol–water partition coefficient (Wildman–Crippen LogP) is 2.25. The van der Waals surface area contributed by atoms with Crippen molar-refractivity contribution >= 4 is 43.6 Å². The maximum atomic E-state index is 12.3. The van der Waals surface area contributed by atoms with E-state index in [9.17, 15) is 8.42 Å². The lowest BCUT2D eigenvalue weighted by molar-refractivity contribution is 0.596. The molecule has 0 fully saturated rings. The Balaban J connectivity index is 2.10. The maximum Gasteiger partial charge on any atom is 0.281 e. The van der Waals surface area contributed by atoms with Crippen molar-refractivity contribution in [3.63, 3.8) is 0 Å². The number of imidazole rings is 1. The molecular weight excluding hydrogens is 308 g/mol. The van der Waals surface area contributed by atoms with Gasteiger partial charge in [-0.15, -0.1) is 11.3 Å². The number of fused-ring (bicyclic) bond motifs is 1. The largest absolute Gasteiger partial charge is 0.281 e. The fraction of sp³-hybridized carbons (Fsp3) is 0. The van der Waals surface area contributed by atoms with Crippen molar-refractivity contribution in [1.29, 1.82) is 0 Å². The van der Waals surface area contributed by atoms with Gasteiger partial charge in [-0.1, -0.05) is 11.6 Å². The van der Waals surface area contributed by atoms with Gasteiger partial charge in [0, 0.05) is 24.0 Å². The van der Waals surface area contributed by atoms with Gasteiger partial charge < -0.3 is 0 Å². The van der Waals surface area contributed by atoms with Gasteiger partial charge in [0.05, 0.1) is 5.69 Å². The number of nitrogens with zero attached hydrogens (tertiary/aromatic N) is 3. The maximum absolute atomic E-state index is 12.3. The smallest absolute Gasteiger partial charge is 0.278 e. The summed E-state index contributed by atoms with van der Waals surface area (Å²) in [5.74, 6) is 0. The minimum atomic E-state index is -3.80. The number of sulfonamides is 1. The highest BCUT2D eigenvalue weighted by molar-refractivity contribution is 7.92. The molecule has 19 heavy (non-hydrogen) atoms. The first kappa shape index (κ1) is 12.4. The van der Waals surface area contributed by atoms with Crippen LogP contribution in [0.5, 0.6) is 0 Å². The van der Waals surface area contributed by atoms with Gasteiger partial charge in [-0.2, -0.15) is 8.42 Å². The topological polar surface area (TPSA) is 76.4 Å². The lowest BCUT2D eigenvalue weighted by Gasteiger charge is -2.06. The van der Waals surface area contributed by atoms with Gasteiger partial charge in [-0.3, -0.25) is 14.1 Å². The third-order valence-electron chi connectivity index (χ3n) is 2.37. The van der Waals surface area contributed by atoms with E-state index in [2.05, 4.69) is 14.7 Å². The highest BCUT2D eigenvalue weighted by Crippen LogP contribution is 2.26. The molecule has 0 spiro atoms. The molecule has 3 heterocycles. The van der Waals surface area contributed by atoms with Gasteiger partial charge in [0.25, 0.3) is 10.0 Å². The zero-order valence-electron chi connectivity index (χ0n) is 9.32. The molecule has 0 bridgehead atoms. The van der Waals surface area contributed by atoms with Gasteiger partial charge in [-0.05, 0) is 12.1 Å². The van der Waals surface area contributed by atoms with E-state index in [4.69, 9.17) is 11.6 Å². The standard InChI is InChI=1S/C10H7ClN4O2S2/c11-8-9(15-5-6-18-10(15)13-8)19(16,17)14-7-1-3-12-4-2-7/h1-6H,(H,12,14). The predicted molar refractivity (Wildman–Crippen MR) is 73.1 cm³/mol.